The van der Waals surface area contributed by atoms with Crippen LogP contribution in [0.4, 0.5) is 0 Å². The van der Waals surface area contributed by atoms with Crippen molar-refractivity contribution in [2.24, 2.45) is 0 Å². The molecule has 0 aromatic carbocycles. The summed E-state index contributed by atoms with van der Waals surface area (Å²) in [7, 11) is 0. The van der Waals surface area contributed by atoms with E-state index in [0.29, 0.717) is 6.04 Å². The van der Waals surface area contributed by atoms with Crippen LogP contribution in [0.3, 0.4) is 0 Å². The van der Waals surface area contributed by atoms with E-state index in [9.17, 15) is 5.11 Å². The van der Waals surface area contributed by atoms with Crippen LogP contribution in [0.15, 0.2) is 0 Å². The summed E-state index contributed by atoms with van der Waals surface area (Å²) in [6.45, 7) is 6.75. The zero-order valence-electron chi connectivity index (χ0n) is 9.47. The van der Waals surface area contributed by atoms with Gasteiger partial charge in [0.2, 0.25) is 0 Å². The normalized spacial score (nSPS) is 19.9. The number of nitrogens with one attached hydrogen (secondary N) is 2. The molecule has 0 radical (unpaired) electrons. The van der Waals surface area contributed by atoms with Crippen molar-refractivity contribution >= 4 is 0 Å². The fourth-order valence-electron chi connectivity index (χ4n) is 2.12. The minimum atomic E-state index is -0.0397. The molecule has 3 nitrogen and oxygen atoms in total. The molecule has 1 aliphatic rings. The lowest BCUT2D eigenvalue weighted by Crippen LogP contribution is -2.54. The van der Waals surface area contributed by atoms with Gasteiger partial charge in [0, 0.05) is 11.6 Å². The Labute approximate surface area is 87.3 Å². The average Bonchev–Trinajstić information content (AvgIpc) is 2.28. The molecule has 1 fully saturated rings. The van der Waals surface area contributed by atoms with Gasteiger partial charge in [-0.2, -0.15) is 0 Å². The lowest BCUT2D eigenvalue weighted by Gasteiger charge is -2.37. The van der Waals surface area contributed by atoms with E-state index in [-0.39, 0.29) is 12.1 Å². The molecule has 1 rings (SSSR count). The number of hydrogen-bond donors (Lipinski definition) is 3. The Hall–Kier alpha value is -0.120. The summed E-state index contributed by atoms with van der Waals surface area (Å²) < 4.78 is 0. The topological polar surface area (TPSA) is 44.3 Å². The minimum absolute atomic E-state index is 0.0397. The highest BCUT2D eigenvalue weighted by Crippen LogP contribution is 2.17. The van der Waals surface area contributed by atoms with Gasteiger partial charge in [-0.1, -0.05) is 13.8 Å². The molecule has 0 aliphatic carbocycles. The molecule has 0 saturated carbocycles. The lowest BCUT2D eigenvalue weighted by atomic mass is 9.91. The molecule has 3 heteroatoms. The Kier molecular flexibility index (Phi) is 4.85. The van der Waals surface area contributed by atoms with Crippen molar-refractivity contribution in [2.45, 2.75) is 51.1 Å². The van der Waals surface area contributed by atoms with E-state index < -0.39 is 0 Å². The first-order chi connectivity index (χ1) is 6.76. The summed E-state index contributed by atoms with van der Waals surface area (Å²) in [5, 5.41) is 16.4. The van der Waals surface area contributed by atoms with Gasteiger partial charge in [-0.05, 0) is 38.8 Å². The second kappa shape index (κ2) is 5.69. The molecule has 0 unspecified atom stereocenters. The van der Waals surface area contributed by atoms with E-state index in [1.807, 2.05) is 0 Å². The highest BCUT2D eigenvalue weighted by atomic mass is 16.3. The van der Waals surface area contributed by atoms with Gasteiger partial charge in [-0.3, -0.25) is 0 Å². The third-order valence-corrected chi connectivity index (χ3v) is 3.51. The maximum Gasteiger partial charge on any atom is 0.0613 e. The smallest absolute Gasteiger partial charge is 0.0613 e. The van der Waals surface area contributed by atoms with Crippen molar-refractivity contribution in [2.75, 3.05) is 19.7 Å². The summed E-state index contributed by atoms with van der Waals surface area (Å²) in [6.07, 6.45) is 4.37. The second-order valence-corrected chi connectivity index (χ2v) is 4.31. The molecule has 84 valence electrons. The number of piperidine rings is 1. The Bertz CT molecular complexity index is 143. The molecule has 0 atom stereocenters. The maximum absolute atomic E-state index is 9.43. The summed E-state index contributed by atoms with van der Waals surface area (Å²) in [4.78, 5) is 0. The van der Waals surface area contributed by atoms with Gasteiger partial charge in [0.25, 0.3) is 0 Å². The van der Waals surface area contributed by atoms with Crippen LogP contribution < -0.4 is 10.6 Å². The highest BCUT2D eigenvalue weighted by molar-refractivity contribution is 4.89. The standard InChI is InChI=1S/C11H24N2O/c1-3-11(4-2,9-14)13-10-5-7-12-8-6-10/h10,12-14H,3-9H2,1-2H3. The predicted molar refractivity (Wildman–Crippen MR) is 59.4 cm³/mol. The number of rotatable bonds is 5. The first-order valence-electron chi connectivity index (χ1n) is 5.85. The zero-order valence-corrected chi connectivity index (χ0v) is 9.47. The molecule has 3 N–H and O–H groups in total. The van der Waals surface area contributed by atoms with Gasteiger partial charge in [-0.25, -0.2) is 0 Å². The van der Waals surface area contributed by atoms with E-state index in [2.05, 4.69) is 24.5 Å². The first-order valence-corrected chi connectivity index (χ1v) is 5.85. The van der Waals surface area contributed by atoms with Crippen molar-refractivity contribution in [3.63, 3.8) is 0 Å². The van der Waals surface area contributed by atoms with Crippen LogP contribution in [0, 0.1) is 0 Å². The van der Waals surface area contributed by atoms with Crippen molar-refractivity contribution in [1.82, 2.24) is 10.6 Å². The van der Waals surface area contributed by atoms with Crippen LogP contribution in [0.5, 0.6) is 0 Å². The monoisotopic (exact) mass is 200 g/mol. The Morgan fingerprint density at radius 1 is 1.29 bits per heavy atom. The van der Waals surface area contributed by atoms with E-state index in [1.165, 1.54) is 12.8 Å². The van der Waals surface area contributed by atoms with E-state index >= 15 is 0 Å². The summed E-state index contributed by atoms with van der Waals surface area (Å²) in [5.74, 6) is 0. The molecule has 0 bridgehead atoms. The molecule has 0 aromatic heterocycles. The van der Waals surface area contributed by atoms with Crippen molar-refractivity contribution in [1.29, 1.82) is 0 Å². The molecule has 0 aromatic rings. The van der Waals surface area contributed by atoms with Crippen LogP contribution in [0.1, 0.15) is 39.5 Å². The summed E-state index contributed by atoms with van der Waals surface area (Å²) >= 11 is 0. The van der Waals surface area contributed by atoms with Crippen LogP contribution in [-0.2, 0) is 0 Å². The maximum atomic E-state index is 9.43. The van der Waals surface area contributed by atoms with Crippen LogP contribution >= 0.6 is 0 Å². The van der Waals surface area contributed by atoms with Crippen LogP contribution in [-0.4, -0.2) is 36.4 Å². The van der Waals surface area contributed by atoms with Gasteiger partial charge in [0.15, 0.2) is 0 Å². The van der Waals surface area contributed by atoms with Crippen molar-refractivity contribution in [3.8, 4) is 0 Å². The average molecular weight is 200 g/mol. The highest BCUT2D eigenvalue weighted by Gasteiger charge is 2.28. The van der Waals surface area contributed by atoms with Gasteiger partial charge in [0.05, 0.1) is 6.61 Å². The fraction of sp³-hybridized carbons (Fsp3) is 1.00. The third kappa shape index (κ3) is 2.94. The molecule has 1 saturated heterocycles. The zero-order chi connectivity index (χ0) is 10.4. The van der Waals surface area contributed by atoms with Crippen LogP contribution in [0.2, 0.25) is 0 Å². The van der Waals surface area contributed by atoms with Crippen LogP contribution in [0.25, 0.3) is 0 Å². The molecule has 0 amide bonds. The van der Waals surface area contributed by atoms with E-state index in [1.54, 1.807) is 0 Å². The Morgan fingerprint density at radius 2 is 1.86 bits per heavy atom. The predicted octanol–water partition coefficient (Wildman–Crippen LogP) is 0.879. The number of aliphatic hydroxyl groups excluding tert-OH is 1. The van der Waals surface area contributed by atoms with Gasteiger partial charge in [-0.15, -0.1) is 0 Å². The molecular formula is C11H24N2O. The Balaban J connectivity index is 2.44. The van der Waals surface area contributed by atoms with Crippen molar-refractivity contribution in [3.05, 3.63) is 0 Å². The first kappa shape index (κ1) is 12.0. The summed E-state index contributed by atoms with van der Waals surface area (Å²) in [5.41, 5.74) is -0.0397. The quantitative estimate of drug-likeness (QED) is 0.617. The molecule has 0 spiro atoms. The minimum Gasteiger partial charge on any atom is -0.394 e. The number of hydrogen-bond acceptors (Lipinski definition) is 3. The van der Waals surface area contributed by atoms with E-state index in [4.69, 9.17) is 0 Å². The second-order valence-electron chi connectivity index (χ2n) is 4.31. The molecule has 1 heterocycles. The van der Waals surface area contributed by atoms with Crippen molar-refractivity contribution < 1.29 is 5.11 Å². The third-order valence-electron chi connectivity index (χ3n) is 3.51. The number of aliphatic hydroxyl groups is 1. The lowest BCUT2D eigenvalue weighted by molar-refractivity contribution is 0.130. The molecule has 1 aliphatic heterocycles. The van der Waals surface area contributed by atoms with Gasteiger partial charge < -0.3 is 15.7 Å². The summed E-state index contributed by atoms with van der Waals surface area (Å²) in [6, 6.07) is 0.586. The van der Waals surface area contributed by atoms with Gasteiger partial charge in [0.1, 0.15) is 0 Å². The SMILES string of the molecule is CCC(CC)(CO)NC1CCNCC1. The Morgan fingerprint density at radius 3 is 2.29 bits per heavy atom. The molecular weight excluding hydrogens is 176 g/mol. The fourth-order valence-corrected chi connectivity index (χ4v) is 2.12. The largest absolute Gasteiger partial charge is 0.394 e. The van der Waals surface area contributed by atoms with Gasteiger partial charge >= 0.3 is 0 Å². The van der Waals surface area contributed by atoms with E-state index in [0.717, 1.165) is 25.9 Å². The molecule has 14 heavy (non-hydrogen) atoms.